The minimum Gasteiger partial charge on any atom is -0.449 e. The molecule has 1 heterocycles. The number of unbranched alkanes of at least 4 members (excludes halogenated alkanes) is 1. The number of nitrogens with zero attached hydrogens (tertiary/aromatic N) is 2. The molecule has 1 aliphatic rings. The van der Waals surface area contributed by atoms with Crippen molar-refractivity contribution in [1.29, 1.82) is 0 Å². The van der Waals surface area contributed by atoms with Crippen LogP contribution in [0.4, 0.5) is 4.79 Å². The summed E-state index contributed by atoms with van der Waals surface area (Å²) >= 11 is 0. The number of carbonyl (C=O) groups excluding carboxylic acids is 2. The minimum absolute atomic E-state index is 0.0426. The van der Waals surface area contributed by atoms with Gasteiger partial charge in [0, 0.05) is 20.1 Å². The van der Waals surface area contributed by atoms with Crippen LogP contribution in [-0.2, 0) is 14.4 Å². The molecular weight excluding hydrogens is 260 g/mol. The Bertz CT molecular complexity index is 338. The molecule has 6 heteroatoms. The maximum Gasteiger partial charge on any atom is 0.409 e. The smallest absolute Gasteiger partial charge is 0.409 e. The van der Waals surface area contributed by atoms with Crippen LogP contribution in [-0.4, -0.2) is 55.8 Å². The highest BCUT2D eigenvalue weighted by Crippen LogP contribution is 2.33. The third-order valence-electron chi connectivity index (χ3n) is 3.92. The van der Waals surface area contributed by atoms with Crippen molar-refractivity contribution in [2.75, 3.05) is 33.9 Å². The van der Waals surface area contributed by atoms with Crippen LogP contribution in [0, 0.1) is 5.41 Å². The predicted octanol–water partition coefficient (Wildman–Crippen LogP) is 2.04. The molecule has 1 aliphatic heterocycles. The average Bonchev–Trinajstić information content (AvgIpc) is 2.46. The molecule has 0 aromatic heterocycles. The van der Waals surface area contributed by atoms with Crippen molar-refractivity contribution in [3.63, 3.8) is 0 Å². The summed E-state index contributed by atoms with van der Waals surface area (Å²) in [5, 5.41) is 1.26. The van der Waals surface area contributed by atoms with E-state index in [-0.39, 0.29) is 12.0 Å². The zero-order valence-corrected chi connectivity index (χ0v) is 13.0. The van der Waals surface area contributed by atoms with Crippen LogP contribution in [0.1, 0.15) is 39.5 Å². The van der Waals surface area contributed by atoms with Gasteiger partial charge in [-0.2, -0.15) is 0 Å². The summed E-state index contributed by atoms with van der Waals surface area (Å²) < 4.78 is 5.19. The molecule has 1 fully saturated rings. The summed E-state index contributed by atoms with van der Waals surface area (Å²) in [4.78, 5) is 30.7. The van der Waals surface area contributed by atoms with Gasteiger partial charge in [-0.3, -0.25) is 9.63 Å². The molecule has 0 aromatic rings. The Morgan fingerprint density at radius 2 is 1.90 bits per heavy atom. The molecule has 116 valence electrons. The predicted molar refractivity (Wildman–Crippen MR) is 74.9 cm³/mol. The first-order valence-electron chi connectivity index (χ1n) is 7.18. The van der Waals surface area contributed by atoms with Crippen LogP contribution in [0.3, 0.4) is 0 Å². The van der Waals surface area contributed by atoms with Crippen LogP contribution >= 0.6 is 0 Å². The largest absolute Gasteiger partial charge is 0.449 e. The maximum atomic E-state index is 12.2. The summed E-state index contributed by atoms with van der Waals surface area (Å²) in [5.74, 6) is -0.0426. The fourth-order valence-electron chi connectivity index (χ4n) is 2.25. The molecule has 1 rings (SSSR count). The van der Waals surface area contributed by atoms with E-state index in [0.717, 1.165) is 12.8 Å². The van der Waals surface area contributed by atoms with Gasteiger partial charge in [0.15, 0.2) is 0 Å². The molecule has 0 saturated carbocycles. The van der Waals surface area contributed by atoms with E-state index in [1.807, 2.05) is 6.92 Å². The number of ether oxygens (including phenoxy) is 1. The number of hydroxylamine groups is 2. The van der Waals surface area contributed by atoms with E-state index in [1.54, 1.807) is 11.9 Å². The number of carbonyl (C=O) groups is 2. The van der Waals surface area contributed by atoms with Gasteiger partial charge in [0.2, 0.25) is 0 Å². The number of rotatable bonds is 5. The molecule has 0 N–H and O–H groups in total. The Kier molecular flexibility index (Phi) is 6.26. The number of hydrogen-bond donors (Lipinski definition) is 0. The Morgan fingerprint density at radius 1 is 1.30 bits per heavy atom. The van der Waals surface area contributed by atoms with Gasteiger partial charge in [-0.05, 0) is 19.3 Å². The van der Waals surface area contributed by atoms with E-state index in [2.05, 4.69) is 6.92 Å². The molecular formula is C14H26N2O4. The Morgan fingerprint density at radius 3 is 2.40 bits per heavy atom. The monoisotopic (exact) mass is 286 g/mol. The zero-order valence-electron chi connectivity index (χ0n) is 13.0. The molecule has 2 amide bonds. The van der Waals surface area contributed by atoms with E-state index in [4.69, 9.17) is 9.57 Å². The van der Waals surface area contributed by atoms with E-state index in [1.165, 1.54) is 12.2 Å². The molecule has 6 nitrogen and oxygen atoms in total. The zero-order chi connectivity index (χ0) is 15.2. The van der Waals surface area contributed by atoms with Crippen molar-refractivity contribution in [2.45, 2.75) is 39.5 Å². The van der Waals surface area contributed by atoms with Crippen molar-refractivity contribution in [2.24, 2.45) is 5.41 Å². The Balaban J connectivity index is 2.46. The molecule has 0 radical (unpaired) electrons. The van der Waals surface area contributed by atoms with Crippen LogP contribution in [0.2, 0.25) is 0 Å². The second kappa shape index (κ2) is 7.47. The molecule has 20 heavy (non-hydrogen) atoms. The molecule has 0 spiro atoms. The van der Waals surface area contributed by atoms with Crippen LogP contribution < -0.4 is 0 Å². The third kappa shape index (κ3) is 4.10. The number of piperidine rings is 1. The van der Waals surface area contributed by atoms with Crippen LogP contribution in [0.5, 0.6) is 0 Å². The topological polar surface area (TPSA) is 59.1 Å². The average molecular weight is 286 g/mol. The fraction of sp³-hybridized carbons (Fsp3) is 0.857. The molecule has 0 aliphatic carbocycles. The number of amides is 2. The second-order valence-corrected chi connectivity index (χ2v) is 5.50. The van der Waals surface area contributed by atoms with Crippen molar-refractivity contribution < 1.29 is 19.2 Å². The summed E-state index contributed by atoms with van der Waals surface area (Å²) in [6.45, 7) is 5.53. The highest BCUT2D eigenvalue weighted by molar-refractivity contribution is 5.81. The van der Waals surface area contributed by atoms with Gasteiger partial charge < -0.3 is 9.64 Å². The summed E-state index contributed by atoms with van der Waals surface area (Å²) in [7, 11) is 3.08. The lowest BCUT2D eigenvalue weighted by molar-refractivity contribution is -0.181. The minimum atomic E-state index is -0.467. The Labute approximate surface area is 121 Å². The summed E-state index contributed by atoms with van der Waals surface area (Å²) in [6.07, 6.45) is 2.87. The highest BCUT2D eigenvalue weighted by atomic mass is 16.7. The quantitative estimate of drug-likeness (QED) is 0.573. The van der Waals surface area contributed by atoms with E-state index >= 15 is 0 Å². The normalized spacial score (nSPS) is 17.7. The lowest BCUT2D eigenvalue weighted by Crippen LogP contribution is -2.49. The van der Waals surface area contributed by atoms with Crippen molar-refractivity contribution in [3.8, 4) is 0 Å². The lowest BCUT2D eigenvalue weighted by atomic mass is 9.79. The first kappa shape index (κ1) is 16.8. The first-order valence-corrected chi connectivity index (χ1v) is 7.18. The SMILES string of the molecule is CCCCOC(=O)N1CCC(C)(C(=O)N(C)OC)CC1. The number of hydrogen-bond acceptors (Lipinski definition) is 4. The fourth-order valence-corrected chi connectivity index (χ4v) is 2.25. The van der Waals surface area contributed by atoms with Crippen molar-refractivity contribution in [1.82, 2.24) is 9.96 Å². The van der Waals surface area contributed by atoms with Gasteiger partial charge in [0.1, 0.15) is 0 Å². The molecule has 1 saturated heterocycles. The van der Waals surface area contributed by atoms with Crippen molar-refractivity contribution >= 4 is 12.0 Å². The third-order valence-corrected chi connectivity index (χ3v) is 3.92. The molecule has 0 atom stereocenters. The second-order valence-electron chi connectivity index (χ2n) is 5.50. The van der Waals surface area contributed by atoms with Gasteiger partial charge in [-0.15, -0.1) is 0 Å². The highest BCUT2D eigenvalue weighted by Gasteiger charge is 2.40. The molecule has 0 aromatic carbocycles. The molecule has 0 bridgehead atoms. The van der Waals surface area contributed by atoms with Gasteiger partial charge in [-0.25, -0.2) is 9.86 Å². The van der Waals surface area contributed by atoms with Crippen molar-refractivity contribution in [3.05, 3.63) is 0 Å². The van der Waals surface area contributed by atoms with Gasteiger partial charge in [-0.1, -0.05) is 20.3 Å². The number of likely N-dealkylation sites (tertiary alicyclic amines) is 1. The van der Waals surface area contributed by atoms with E-state index in [9.17, 15) is 9.59 Å². The van der Waals surface area contributed by atoms with Gasteiger partial charge in [0.05, 0.1) is 19.1 Å². The molecule has 0 unspecified atom stereocenters. The van der Waals surface area contributed by atoms with Crippen LogP contribution in [0.25, 0.3) is 0 Å². The van der Waals surface area contributed by atoms with Gasteiger partial charge >= 0.3 is 6.09 Å². The van der Waals surface area contributed by atoms with E-state index < -0.39 is 5.41 Å². The standard InChI is InChI=1S/C14H26N2O4/c1-5-6-11-20-13(18)16-9-7-14(2,8-10-16)12(17)15(3)19-4/h5-11H2,1-4H3. The summed E-state index contributed by atoms with van der Waals surface area (Å²) in [6, 6.07) is 0. The Hall–Kier alpha value is -1.30. The first-order chi connectivity index (χ1) is 9.44. The lowest BCUT2D eigenvalue weighted by Gasteiger charge is -2.39. The summed E-state index contributed by atoms with van der Waals surface area (Å²) in [5.41, 5.74) is -0.467. The maximum absolute atomic E-state index is 12.2. The van der Waals surface area contributed by atoms with E-state index in [0.29, 0.717) is 32.5 Å². The van der Waals surface area contributed by atoms with Crippen LogP contribution in [0.15, 0.2) is 0 Å². The van der Waals surface area contributed by atoms with Gasteiger partial charge in [0.25, 0.3) is 5.91 Å².